The van der Waals surface area contributed by atoms with Crippen molar-refractivity contribution < 1.29 is 9.18 Å². The molecule has 0 rings (SSSR count). The molecule has 0 aromatic rings. The van der Waals surface area contributed by atoms with Crippen LogP contribution in [0.5, 0.6) is 0 Å². The van der Waals surface area contributed by atoms with Crippen molar-refractivity contribution in [2.75, 3.05) is 6.54 Å². The minimum absolute atomic E-state index is 0.254. The number of halogens is 1. The van der Waals surface area contributed by atoms with E-state index in [0.717, 1.165) is 32.0 Å². The first-order chi connectivity index (χ1) is 9.18. The maximum atomic E-state index is 12.4. The van der Waals surface area contributed by atoms with E-state index >= 15 is 0 Å². The Morgan fingerprint density at radius 1 is 1.05 bits per heavy atom. The highest BCUT2D eigenvalue weighted by molar-refractivity contribution is 5.49. The average Bonchev–Trinajstić information content (AvgIpc) is 2.31. The lowest BCUT2D eigenvalue weighted by Gasteiger charge is -2.28. The Bertz CT molecular complexity index is 297. The largest absolute Gasteiger partial charge is 0.362 e. The molecule has 0 amide bonds. The predicted molar refractivity (Wildman–Crippen MR) is 84.2 cm³/mol. The number of hydrogen-bond donors (Lipinski definition) is 1. The van der Waals surface area contributed by atoms with E-state index in [0.29, 0.717) is 18.4 Å². The summed E-state index contributed by atoms with van der Waals surface area (Å²) in [5, 5.41) is 2.63. The summed E-state index contributed by atoms with van der Waals surface area (Å²) in [5.41, 5.74) is 0.546. The molecule has 0 unspecified atom stereocenters. The van der Waals surface area contributed by atoms with Crippen LogP contribution in [-0.2, 0) is 4.79 Å². The third-order valence-corrected chi connectivity index (χ3v) is 3.99. The van der Waals surface area contributed by atoms with Gasteiger partial charge >= 0.3 is 0 Å². The van der Waals surface area contributed by atoms with Crippen molar-refractivity contribution in [3.05, 3.63) is 12.5 Å². The Balaban J connectivity index is 3.85. The van der Waals surface area contributed by atoms with Crippen LogP contribution >= 0.6 is 0 Å². The van der Waals surface area contributed by atoms with E-state index in [1.807, 2.05) is 0 Å². The summed E-state index contributed by atoms with van der Waals surface area (Å²) >= 11 is 0. The molecule has 1 N–H and O–H groups in total. The zero-order valence-electron chi connectivity index (χ0n) is 13.7. The molecule has 3 heteroatoms. The summed E-state index contributed by atoms with van der Waals surface area (Å²) in [4.78, 5) is 10.4. The van der Waals surface area contributed by atoms with E-state index in [9.17, 15) is 9.18 Å². The van der Waals surface area contributed by atoms with Crippen LogP contribution in [0.3, 0.4) is 0 Å². The first-order valence-electron chi connectivity index (χ1n) is 7.70. The molecule has 0 atom stereocenters. The van der Waals surface area contributed by atoms with Crippen molar-refractivity contribution >= 4 is 6.29 Å². The number of carbonyl (C=O) groups is 1. The fourth-order valence-electron chi connectivity index (χ4n) is 2.54. The van der Waals surface area contributed by atoms with E-state index in [1.165, 1.54) is 12.8 Å². The SMILES string of the molecule is C=C(F)NCCCC(C)(C)CCCC(C)(C)CCC=O. The molecular weight excluding hydrogens is 253 g/mol. The molecule has 0 aromatic carbocycles. The van der Waals surface area contributed by atoms with E-state index in [2.05, 4.69) is 39.6 Å². The third kappa shape index (κ3) is 11.0. The van der Waals surface area contributed by atoms with Gasteiger partial charge in [0.05, 0.1) is 0 Å². The van der Waals surface area contributed by atoms with Crippen molar-refractivity contribution in [3.8, 4) is 0 Å². The third-order valence-electron chi connectivity index (χ3n) is 3.99. The van der Waals surface area contributed by atoms with Gasteiger partial charge in [0.25, 0.3) is 0 Å². The standard InChI is InChI=1S/C17H32FNO/c1-15(18)19-13-7-11-16(2,3)9-6-10-17(4,5)12-8-14-20/h14,19H,1,6-13H2,2-5H3. The highest BCUT2D eigenvalue weighted by atomic mass is 19.1. The van der Waals surface area contributed by atoms with Gasteiger partial charge in [0.1, 0.15) is 6.29 Å². The molecule has 0 aliphatic heterocycles. The van der Waals surface area contributed by atoms with Gasteiger partial charge in [0.2, 0.25) is 0 Å². The van der Waals surface area contributed by atoms with Gasteiger partial charge in [-0.25, -0.2) is 0 Å². The normalized spacial score (nSPS) is 12.2. The summed E-state index contributed by atoms with van der Waals surface area (Å²) in [5.74, 6) is -0.445. The molecule has 118 valence electrons. The molecule has 0 heterocycles. The van der Waals surface area contributed by atoms with E-state index < -0.39 is 5.95 Å². The number of carbonyl (C=O) groups excluding carboxylic acids is 1. The predicted octanol–water partition coefficient (Wildman–Crippen LogP) is 5.00. The lowest BCUT2D eigenvalue weighted by molar-refractivity contribution is -0.108. The molecule has 0 bridgehead atoms. The Morgan fingerprint density at radius 3 is 2.05 bits per heavy atom. The fourth-order valence-corrected chi connectivity index (χ4v) is 2.54. The van der Waals surface area contributed by atoms with Gasteiger partial charge in [-0.15, -0.1) is 0 Å². The highest BCUT2D eigenvalue weighted by Gasteiger charge is 2.21. The molecule has 0 radical (unpaired) electrons. The molecule has 0 fully saturated rings. The molecule has 0 aliphatic rings. The van der Waals surface area contributed by atoms with Crippen molar-refractivity contribution in [1.82, 2.24) is 5.32 Å². The molecule has 0 saturated carbocycles. The second-order valence-electron chi connectivity index (χ2n) is 7.32. The summed E-state index contributed by atoms with van der Waals surface area (Å²) in [6, 6.07) is 0. The molecular formula is C17H32FNO. The van der Waals surface area contributed by atoms with Gasteiger partial charge < -0.3 is 10.1 Å². The molecule has 20 heavy (non-hydrogen) atoms. The second kappa shape index (κ2) is 9.15. The quantitative estimate of drug-likeness (QED) is 0.310. The van der Waals surface area contributed by atoms with Crippen molar-refractivity contribution in [2.24, 2.45) is 10.8 Å². The number of aldehydes is 1. The smallest absolute Gasteiger partial charge is 0.179 e. The number of hydrogen-bond acceptors (Lipinski definition) is 2. The molecule has 0 saturated heterocycles. The Morgan fingerprint density at radius 2 is 1.55 bits per heavy atom. The lowest BCUT2D eigenvalue weighted by Crippen LogP contribution is -2.18. The van der Waals surface area contributed by atoms with Crippen molar-refractivity contribution in [1.29, 1.82) is 0 Å². The molecule has 0 spiro atoms. The van der Waals surface area contributed by atoms with E-state index in [1.54, 1.807) is 0 Å². The van der Waals surface area contributed by atoms with Gasteiger partial charge in [-0.05, 0) is 49.5 Å². The van der Waals surface area contributed by atoms with Crippen LogP contribution in [0.25, 0.3) is 0 Å². The summed E-state index contributed by atoms with van der Waals surface area (Å²) < 4.78 is 12.4. The van der Waals surface area contributed by atoms with Crippen LogP contribution in [0.2, 0.25) is 0 Å². The zero-order valence-corrected chi connectivity index (χ0v) is 13.7. The second-order valence-corrected chi connectivity index (χ2v) is 7.32. The van der Waals surface area contributed by atoms with Gasteiger partial charge in [-0.3, -0.25) is 0 Å². The van der Waals surface area contributed by atoms with Crippen molar-refractivity contribution in [3.63, 3.8) is 0 Å². The Kier molecular flexibility index (Phi) is 8.75. The average molecular weight is 285 g/mol. The van der Waals surface area contributed by atoms with E-state index in [-0.39, 0.29) is 5.41 Å². The van der Waals surface area contributed by atoms with Crippen LogP contribution in [0.15, 0.2) is 12.5 Å². The van der Waals surface area contributed by atoms with Gasteiger partial charge in [0.15, 0.2) is 5.95 Å². The lowest BCUT2D eigenvalue weighted by atomic mass is 9.77. The Labute approximate surface area is 124 Å². The van der Waals surface area contributed by atoms with E-state index in [4.69, 9.17) is 0 Å². The van der Waals surface area contributed by atoms with Gasteiger partial charge in [-0.2, -0.15) is 4.39 Å². The first kappa shape index (κ1) is 19.1. The zero-order chi connectivity index (χ0) is 15.6. The van der Waals surface area contributed by atoms with Gasteiger partial charge in [-0.1, -0.05) is 34.1 Å². The van der Waals surface area contributed by atoms with Crippen LogP contribution in [0.4, 0.5) is 4.39 Å². The monoisotopic (exact) mass is 285 g/mol. The maximum Gasteiger partial charge on any atom is 0.179 e. The van der Waals surface area contributed by atoms with Crippen molar-refractivity contribution in [2.45, 2.75) is 72.6 Å². The Hall–Kier alpha value is -0.860. The minimum atomic E-state index is -0.445. The van der Waals surface area contributed by atoms with Crippen LogP contribution in [-0.4, -0.2) is 12.8 Å². The summed E-state index contributed by atoms with van der Waals surface area (Å²) in [6.07, 6.45) is 8.21. The number of rotatable bonds is 12. The van der Waals surface area contributed by atoms with Gasteiger partial charge in [0, 0.05) is 13.0 Å². The maximum absolute atomic E-state index is 12.4. The first-order valence-corrected chi connectivity index (χ1v) is 7.70. The number of nitrogens with one attached hydrogen (secondary N) is 1. The minimum Gasteiger partial charge on any atom is -0.362 e. The molecule has 0 aliphatic carbocycles. The summed E-state index contributed by atoms with van der Waals surface area (Å²) in [7, 11) is 0. The fraction of sp³-hybridized carbons (Fsp3) is 0.824. The molecule has 2 nitrogen and oxygen atoms in total. The summed E-state index contributed by atoms with van der Waals surface area (Å²) in [6.45, 7) is 12.9. The topological polar surface area (TPSA) is 29.1 Å². The van der Waals surface area contributed by atoms with Crippen LogP contribution < -0.4 is 5.32 Å². The highest BCUT2D eigenvalue weighted by Crippen LogP contribution is 2.34. The van der Waals surface area contributed by atoms with Crippen LogP contribution in [0, 0.1) is 10.8 Å². The molecule has 0 aromatic heterocycles. The van der Waals surface area contributed by atoms with Crippen LogP contribution in [0.1, 0.15) is 72.6 Å².